The Balaban J connectivity index is 2.63. The Bertz CT molecular complexity index is 307. The molecule has 0 aromatic heterocycles. The normalized spacial score (nSPS) is 12.6. The third-order valence-electron chi connectivity index (χ3n) is 1.63. The van der Waals surface area contributed by atoms with E-state index in [9.17, 15) is 8.78 Å². The van der Waals surface area contributed by atoms with Gasteiger partial charge in [-0.15, -0.1) is 0 Å². The van der Waals surface area contributed by atoms with Crippen LogP contribution >= 0.6 is 0 Å². The molecule has 0 saturated carbocycles. The number of ether oxygens (including phenoxy) is 1. The Morgan fingerprint density at radius 2 is 2.14 bits per heavy atom. The molecule has 0 fully saturated rings. The maximum absolute atomic E-state index is 12.7. The molecule has 0 bridgehead atoms. The van der Waals surface area contributed by atoms with E-state index in [1.54, 1.807) is 6.92 Å². The Kier molecular flexibility index (Phi) is 3.79. The highest BCUT2D eigenvalue weighted by molar-refractivity contribution is 5.23. The van der Waals surface area contributed by atoms with Crippen LogP contribution in [0.15, 0.2) is 18.2 Å². The fourth-order valence-electron chi connectivity index (χ4n) is 0.990. The van der Waals surface area contributed by atoms with Crippen molar-refractivity contribution in [2.24, 2.45) is 5.84 Å². The van der Waals surface area contributed by atoms with Crippen molar-refractivity contribution in [1.29, 1.82) is 0 Å². The Labute approximate surface area is 80.8 Å². The summed E-state index contributed by atoms with van der Waals surface area (Å²) >= 11 is 0. The predicted molar refractivity (Wildman–Crippen MR) is 48.6 cm³/mol. The SMILES string of the molecule is CC(CNN)Oc1ccc(F)c(F)c1. The molecule has 3 nitrogen and oxygen atoms in total. The molecule has 1 rings (SSSR count). The van der Waals surface area contributed by atoms with Gasteiger partial charge >= 0.3 is 0 Å². The molecular formula is C9H12F2N2O. The Morgan fingerprint density at radius 1 is 1.43 bits per heavy atom. The van der Waals surface area contributed by atoms with Crippen LogP contribution in [0.2, 0.25) is 0 Å². The van der Waals surface area contributed by atoms with E-state index in [0.29, 0.717) is 6.54 Å². The van der Waals surface area contributed by atoms with Gasteiger partial charge in [-0.3, -0.25) is 11.3 Å². The van der Waals surface area contributed by atoms with E-state index in [2.05, 4.69) is 5.43 Å². The maximum Gasteiger partial charge on any atom is 0.162 e. The number of nitrogens with one attached hydrogen (secondary N) is 1. The van der Waals surface area contributed by atoms with Gasteiger partial charge in [0.15, 0.2) is 11.6 Å². The highest BCUT2D eigenvalue weighted by Gasteiger charge is 2.06. The second-order valence-electron chi connectivity index (χ2n) is 2.91. The highest BCUT2D eigenvalue weighted by Crippen LogP contribution is 2.16. The van der Waals surface area contributed by atoms with Crippen LogP contribution in [0.1, 0.15) is 6.92 Å². The number of rotatable bonds is 4. The molecule has 3 N–H and O–H groups in total. The van der Waals surface area contributed by atoms with Crippen LogP contribution < -0.4 is 16.0 Å². The van der Waals surface area contributed by atoms with E-state index >= 15 is 0 Å². The lowest BCUT2D eigenvalue weighted by Crippen LogP contribution is -2.33. The number of nitrogens with two attached hydrogens (primary N) is 1. The number of hydrogen-bond acceptors (Lipinski definition) is 3. The highest BCUT2D eigenvalue weighted by atomic mass is 19.2. The zero-order chi connectivity index (χ0) is 10.6. The van der Waals surface area contributed by atoms with Crippen LogP contribution in [0.4, 0.5) is 8.78 Å². The van der Waals surface area contributed by atoms with Crippen molar-refractivity contribution in [2.75, 3.05) is 6.54 Å². The van der Waals surface area contributed by atoms with E-state index in [0.717, 1.165) is 12.1 Å². The largest absolute Gasteiger partial charge is 0.489 e. The van der Waals surface area contributed by atoms with Crippen molar-refractivity contribution in [3.63, 3.8) is 0 Å². The third kappa shape index (κ3) is 2.93. The van der Waals surface area contributed by atoms with E-state index in [1.807, 2.05) is 0 Å². The van der Waals surface area contributed by atoms with E-state index in [4.69, 9.17) is 10.6 Å². The van der Waals surface area contributed by atoms with E-state index < -0.39 is 11.6 Å². The lowest BCUT2D eigenvalue weighted by atomic mass is 10.3. The second kappa shape index (κ2) is 4.88. The van der Waals surface area contributed by atoms with Gasteiger partial charge in [-0.1, -0.05) is 0 Å². The first-order chi connectivity index (χ1) is 6.63. The first kappa shape index (κ1) is 10.9. The van der Waals surface area contributed by atoms with Crippen molar-refractivity contribution in [3.8, 4) is 5.75 Å². The number of hydrazine groups is 1. The quantitative estimate of drug-likeness (QED) is 0.569. The standard InChI is InChI=1S/C9H12F2N2O/c1-6(5-13-12)14-7-2-3-8(10)9(11)4-7/h2-4,6,13H,5,12H2,1H3. The molecule has 1 unspecified atom stereocenters. The predicted octanol–water partition coefficient (Wildman–Crippen LogP) is 1.20. The monoisotopic (exact) mass is 202 g/mol. The van der Waals surface area contributed by atoms with E-state index in [1.165, 1.54) is 6.07 Å². The molecule has 0 radical (unpaired) electrons. The fraction of sp³-hybridized carbons (Fsp3) is 0.333. The maximum atomic E-state index is 12.7. The van der Waals surface area contributed by atoms with Crippen molar-refractivity contribution >= 4 is 0 Å². The molecular weight excluding hydrogens is 190 g/mol. The number of hydrogen-bond donors (Lipinski definition) is 2. The van der Waals surface area contributed by atoms with Crippen LogP contribution in [-0.4, -0.2) is 12.6 Å². The zero-order valence-corrected chi connectivity index (χ0v) is 7.76. The first-order valence-corrected chi connectivity index (χ1v) is 4.18. The summed E-state index contributed by atoms with van der Waals surface area (Å²) in [4.78, 5) is 0. The number of benzene rings is 1. The van der Waals surface area contributed by atoms with Gasteiger partial charge in [-0.05, 0) is 19.1 Å². The first-order valence-electron chi connectivity index (χ1n) is 4.18. The molecule has 14 heavy (non-hydrogen) atoms. The molecule has 0 spiro atoms. The molecule has 0 aliphatic carbocycles. The molecule has 0 aliphatic heterocycles. The summed E-state index contributed by atoms with van der Waals surface area (Å²) in [7, 11) is 0. The molecule has 0 heterocycles. The van der Waals surface area contributed by atoms with Gasteiger partial charge in [0, 0.05) is 12.6 Å². The summed E-state index contributed by atoms with van der Waals surface area (Å²) in [6.07, 6.45) is -0.204. The van der Waals surface area contributed by atoms with Gasteiger partial charge < -0.3 is 4.74 Å². The summed E-state index contributed by atoms with van der Waals surface area (Å²) in [5.41, 5.74) is 2.42. The average Bonchev–Trinajstić information content (AvgIpc) is 2.12. The smallest absolute Gasteiger partial charge is 0.162 e. The minimum atomic E-state index is -0.921. The van der Waals surface area contributed by atoms with Crippen LogP contribution in [0.5, 0.6) is 5.75 Å². The van der Waals surface area contributed by atoms with Gasteiger partial charge in [0.2, 0.25) is 0 Å². The van der Waals surface area contributed by atoms with Crippen molar-refractivity contribution in [1.82, 2.24) is 5.43 Å². The van der Waals surface area contributed by atoms with Crippen LogP contribution in [-0.2, 0) is 0 Å². The summed E-state index contributed by atoms with van der Waals surface area (Å²) in [6, 6.07) is 3.39. The molecule has 0 amide bonds. The van der Waals surface area contributed by atoms with Gasteiger partial charge in [0.25, 0.3) is 0 Å². The molecule has 78 valence electrons. The average molecular weight is 202 g/mol. The van der Waals surface area contributed by atoms with Gasteiger partial charge in [-0.2, -0.15) is 0 Å². The fourth-order valence-corrected chi connectivity index (χ4v) is 0.990. The molecule has 0 aliphatic rings. The van der Waals surface area contributed by atoms with Gasteiger partial charge in [0.05, 0.1) is 0 Å². The lowest BCUT2D eigenvalue weighted by molar-refractivity contribution is 0.216. The van der Waals surface area contributed by atoms with Gasteiger partial charge in [-0.25, -0.2) is 8.78 Å². The van der Waals surface area contributed by atoms with Crippen molar-refractivity contribution in [3.05, 3.63) is 29.8 Å². The Hall–Kier alpha value is -1.20. The second-order valence-corrected chi connectivity index (χ2v) is 2.91. The molecule has 1 aromatic carbocycles. The number of halogens is 2. The summed E-state index contributed by atoms with van der Waals surface area (Å²) in [5, 5.41) is 0. The molecule has 0 saturated heterocycles. The van der Waals surface area contributed by atoms with Crippen LogP contribution in [0, 0.1) is 11.6 Å². The van der Waals surface area contributed by atoms with Crippen molar-refractivity contribution in [2.45, 2.75) is 13.0 Å². The van der Waals surface area contributed by atoms with Gasteiger partial charge in [0.1, 0.15) is 11.9 Å². The van der Waals surface area contributed by atoms with Crippen LogP contribution in [0.25, 0.3) is 0 Å². The zero-order valence-electron chi connectivity index (χ0n) is 7.76. The summed E-state index contributed by atoms with van der Waals surface area (Å²) < 4.78 is 30.5. The minimum Gasteiger partial charge on any atom is -0.489 e. The van der Waals surface area contributed by atoms with Crippen LogP contribution in [0.3, 0.4) is 0 Å². The molecule has 1 aromatic rings. The Morgan fingerprint density at radius 3 is 2.71 bits per heavy atom. The van der Waals surface area contributed by atoms with E-state index in [-0.39, 0.29) is 11.9 Å². The topological polar surface area (TPSA) is 47.3 Å². The summed E-state index contributed by atoms with van der Waals surface area (Å²) in [5.74, 6) is 3.55. The molecule has 1 atom stereocenters. The van der Waals surface area contributed by atoms with Crippen molar-refractivity contribution < 1.29 is 13.5 Å². The molecule has 5 heteroatoms. The lowest BCUT2D eigenvalue weighted by Gasteiger charge is -2.13. The summed E-state index contributed by atoms with van der Waals surface area (Å²) in [6.45, 7) is 2.19. The third-order valence-corrected chi connectivity index (χ3v) is 1.63. The minimum absolute atomic E-state index is 0.204.